The molecule has 132 valence electrons. The van der Waals surface area contributed by atoms with Gasteiger partial charge in [0.1, 0.15) is 23.8 Å². The summed E-state index contributed by atoms with van der Waals surface area (Å²) < 4.78 is 21.6. The second-order valence-corrected chi connectivity index (χ2v) is 5.83. The number of ether oxygens (including phenoxy) is 1. The van der Waals surface area contributed by atoms with Crippen molar-refractivity contribution < 1.29 is 9.13 Å². The number of hydrogen-bond acceptors (Lipinski definition) is 4. The summed E-state index contributed by atoms with van der Waals surface area (Å²) in [5.41, 5.74) is 1.81. The molecule has 2 aromatic heterocycles. The number of nitriles is 1. The molecule has 0 bridgehead atoms. The van der Waals surface area contributed by atoms with Gasteiger partial charge in [0.2, 0.25) is 0 Å². The molecule has 4 aromatic rings. The summed E-state index contributed by atoms with van der Waals surface area (Å²) >= 11 is 0. The summed E-state index contributed by atoms with van der Waals surface area (Å²) in [6.45, 7) is 0.159. The van der Waals surface area contributed by atoms with Gasteiger partial charge in [0.05, 0.1) is 23.0 Å². The van der Waals surface area contributed by atoms with E-state index in [9.17, 15) is 9.18 Å². The smallest absolute Gasteiger partial charge is 0.338 e. The van der Waals surface area contributed by atoms with Gasteiger partial charge in [-0.05, 0) is 48.5 Å². The number of imidazole rings is 1. The van der Waals surface area contributed by atoms with Crippen molar-refractivity contribution in [1.29, 1.82) is 5.26 Å². The topological polar surface area (TPSA) is 72.3 Å². The van der Waals surface area contributed by atoms with Gasteiger partial charge in [0.25, 0.3) is 0 Å². The highest BCUT2D eigenvalue weighted by molar-refractivity contribution is 5.41. The van der Waals surface area contributed by atoms with Crippen LogP contribution in [0.4, 0.5) is 4.39 Å². The number of aromatic nitrogens is 3. The second-order valence-electron chi connectivity index (χ2n) is 5.83. The maximum Gasteiger partial charge on any atom is 0.338 e. The van der Waals surface area contributed by atoms with E-state index in [1.165, 1.54) is 33.2 Å². The van der Waals surface area contributed by atoms with Crippen LogP contribution in [0.5, 0.6) is 5.75 Å². The highest BCUT2D eigenvalue weighted by atomic mass is 19.1. The summed E-state index contributed by atoms with van der Waals surface area (Å²) in [6, 6.07) is 16.2. The molecule has 0 atom stereocenters. The molecule has 2 aromatic carbocycles. The fourth-order valence-corrected chi connectivity index (χ4v) is 2.72. The fraction of sp³-hybridized carbons (Fsp3) is 0.0500. The Hall–Kier alpha value is -3.92. The molecule has 0 amide bonds. The summed E-state index contributed by atoms with van der Waals surface area (Å²) in [4.78, 5) is 17.1. The summed E-state index contributed by atoms with van der Waals surface area (Å²) in [5.74, 6) is 0.185. The van der Waals surface area contributed by atoms with Crippen molar-refractivity contribution >= 4 is 5.65 Å². The number of halogens is 1. The van der Waals surface area contributed by atoms with Crippen LogP contribution in [0.15, 0.2) is 71.8 Å². The van der Waals surface area contributed by atoms with E-state index in [4.69, 9.17) is 10.00 Å². The standard InChI is InChI=1S/C20H13FN4O2/c21-15-4-6-17(7-5-15)24-9-8-19-23-16(12-25(19)20(24)26)13-27-18-3-1-2-14(10-18)11-22/h1-10,12H,13H2. The van der Waals surface area contributed by atoms with Crippen molar-refractivity contribution in [3.05, 3.63) is 94.5 Å². The van der Waals surface area contributed by atoms with E-state index in [1.807, 2.05) is 0 Å². The maximum absolute atomic E-state index is 13.1. The Kier molecular flexibility index (Phi) is 4.15. The third-order valence-corrected chi connectivity index (χ3v) is 4.02. The Morgan fingerprint density at radius 1 is 1.15 bits per heavy atom. The van der Waals surface area contributed by atoms with Crippen LogP contribution in [0.1, 0.15) is 11.3 Å². The highest BCUT2D eigenvalue weighted by Crippen LogP contribution is 2.15. The lowest BCUT2D eigenvalue weighted by Crippen LogP contribution is -2.24. The largest absolute Gasteiger partial charge is 0.487 e. The van der Waals surface area contributed by atoms with Crippen LogP contribution in [0.3, 0.4) is 0 Å². The minimum absolute atomic E-state index is 0.159. The molecule has 4 rings (SSSR count). The molecule has 0 saturated carbocycles. The predicted molar refractivity (Wildman–Crippen MR) is 96.2 cm³/mol. The van der Waals surface area contributed by atoms with Gasteiger partial charge in [-0.3, -0.25) is 8.97 Å². The van der Waals surface area contributed by atoms with Crippen LogP contribution in [0.25, 0.3) is 11.3 Å². The van der Waals surface area contributed by atoms with Gasteiger partial charge in [-0.15, -0.1) is 0 Å². The van der Waals surface area contributed by atoms with E-state index in [-0.39, 0.29) is 18.1 Å². The molecular weight excluding hydrogens is 347 g/mol. The SMILES string of the molecule is N#Cc1cccc(OCc2cn3c(=O)n(-c4ccc(F)cc4)ccc3n2)c1. The van der Waals surface area contributed by atoms with Crippen LogP contribution < -0.4 is 10.4 Å². The van der Waals surface area contributed by atoms with Gasteiger partial charge in [0, 0.05) is 12.4 Å². The molecule has 2 heterocycles. The van der Waals surface area contributed by atoms with Crippen LogP contribution >= 0.6 is 0 Å². The molecule has 0 aliphatic heterocycles. The first-order valence-corrected chi connectivity index (χ1v) is 8.12. The number of nitrogens with zero attached hydrogens (tertiary/aromatic N) is 4. The molecule has 0 aliphatic rings. The predicted octanol–water partition coefficient (Wildman–Crippen LogP) is 3.07. The second kappa shape index (κ2) is 6.77. The van der Waals surface area contributed by atoms with Crippen molar-refractivity contribution in [3.63, 3.8) is 0 Å². The fourth-order valence-electron chi connectivity index (χ4n) is 2.72. The lowest BCUT2D eigenvalue weighted by Gasteiger charge is -2.05. The van der Waals surface area contributed by atoms with Crippen molar-refractivity contribution in [1.82, 2.24) is 14.0 Å². The zero-order chi connectivity index (χ0) is 18.8. The van der Waals surface area contributed by atoms with Gasteiger partial charge in [-0.2, -0.15) is 5.26 Å². The van der Waals surface area contributed by atoms with E-state index in [0.717, 1.165) is 0 Å². The first-order valence-electron chi connectivity index (χ1n) is 8.12. The summed E-state index contributed by atoms with van der Waals surface area (Å²) in [5, 5.41) is 8.93. The molecule has 0 radical (unpaired) electrons. The Morgan fingerprint density at radius 2 is 1.96 bits per heavy atom. The van der Waals surface area contributed by atoms with E-state index in [2.05, 4.69) is 11.1 Å². The number of rotatable bonds is 4. The van der Waals surface area contributed by atoms with E-state index in [1.54, 1.807) is 42.7 Å². The minimum Gasteiger partial charge on any atom is -0.487 e. The monoisotopic (exact) mass is 360 g/mol. The van der Waals surface area contributed by atoms with Crippen molar-refractivity contribution in [2.75, 3.05) is 0 Å². The normalized spacial score (nSPS) is 10.7. The maximum atomic E-state index is 13.1. The highest BCUT2D eigenvalue weighted by Gasteiger charge is 2.09. The average molecular weight is 360 g/mol. The average Bonchev–Trinajstić information content (AvgIpc) is 3.12. The third kappa shape index (κ3) is 3.28. The van der Waals surface area contributed by atoms with Gasteiger partial charge in [-0.25, -0.2) is 14.2 Å². The number of benzene rings is 2. The van der Waals surface area contributed by atoms with Crippen LogP contribution in [-0.2, 0) is 6.61 Å². The molecule has 27 heavy (non-hydrogen) atoms. The summed E-state index contributed by atoms with van der Waals surface area (Å²) in [6.07, 6.45) is 3.20. The van der Waals surface area contributed by atoms with Crippen molar-refractivity contribution in [2.45, 2.75) is 6.61 Å². The van der Waals surface area contributed by atoms with E-state index >= 15 is 0 Å². The van der Waals surface area contributed by atoms with Crippen LogP contribution in [-0.4, -0.2) is 14.0 Å². The number of hydrogen-bond donors (Lipinski definition) is 0. The van der Waals surface area contributed by atoms with Crippen LogP contribution in [0.2, 0.25) is 0 Å². The third-order valence-electron chi connectivity index (χ3n) is 4.02. The molecule has 0 unspecified atom stereocenters. The van der Waals surface area contributed by atoms with Gasteiger partial charge < -0.3 is 4.74 Å². The molecule has 0 saturated heterocycles. The number of fused-ring (bicyclic) bond motifs is 1. The minimum atomic E-state index is -0.365. The van der Waals surface area contributed by atoms with Gasteiger partial charge in [-0.1, -0.05) is 6.07 Å². The quantitative estimate of drug-likeness (QED) is 0.561. The van der Waals surface area contributed by atoms with E-state index in [0.29, 0.717) is 28.3 Å². The lowest BCUT2D eigenvalue weighted by molar-refractivity contribution is 0.302. The first-order chi connectivity index (χ1) is 13.1. The Labute approximate surface area is 153 Å². The zero-order valence-electron chi connectivity index (χ0n) is 14.0. The molecule has 0 spiro atoms. The van der Waals surface area contributed by atoms with Gasteiger partial charge in [0.15, 0.2) is 0 Å². The molecule has 0 aliphatic carbocycles. The zero-order valence-corrected chi connectivity index (χ0v) is 14.0. The first kappa shape index (κ1) is 16.5. The van der Waals surface area contributed by atoms with Gasteiger partial charge >= 0.3 is 5.69 Å². The van der Waals surface area contributed by atoms with E-state index < -0.39 is 0 Å². The Bertz CT molecular complexity index is 1220. The molecule has 6 nitrogen and oxygen atoms in total. The van der Waals surface area contributed by atoms with Crippen LogP contribution in [0, 0.1) is 17.1 Å². The molecular formula is C20H13FN4O2. The molecule has 0 fully saturated rings. The molecule has 0 N–H and O–H groups in total. The van der Waals surface area contributed by atoms with Crippen molar-refractivity contribution in [2.24, 2.45) is 0 Å². The molecule has 7 heteroatoms. The van der Waals surface area contributed by atoms with Crippen molar-refractivity contribution in [3.8, 4) is 17.5 Å². The Balaban J connectivity index is 1.62. The summed E-state index contributed by atoms with van der Waals surface area (Å²) in [7, 11) is 0. The Morgan fingerprint density at radius 3 is 2.74 bits per heavy atom. The lowest BCUT2D eigenvalue weighted by atomic mass is 10.2.